The Bertz CT molecular complexity index is 335. The molecule has 1 N–H and O–H groups in total. The van der Waals surface area contributed by atoms with E-state index in [4.69, 9.17) is 5.11 Å². The quantitative estimate of drug-likeness (QED) is 0.769. The van der Waals surface area contributed by atoms with Crippen LogP contribution in [-0.4, -0.2) is 24.8 Å². The van der Waals surface area contributed by atoms with Gasteiger partial charge in [0.25, 0.3) is 0 Å². The lowest BCUT2D eigenvalue weighted by Gasteiger charge is -2.17. The molecule has 0 amide bonds. The highest BCUT2D eigenvalue weighted by Crippen LogP contribution is 2.17. The molecule has 0 radical (unpaired) electrons. The van der Waals surface area contributed by atoms with Crippen molar-refractivity contribution in [2.45, 2.75) is 19.8 Å². The van der Waals surface area contributed by atoms with E-state index in [1.165, 1.54) is 12.7 Å². The molecule has 1 rings (SSSR count). The molecule has 0 unspecified atom stereocenters. The summed E-state index contributed by atoms with van der Waals surface area (Å²) in [4.78, 5) is 11.3. The Kier molecular flexibility index (Phi) is 5.70. The molecular weight excluding hydrogens is 216 g/mol. The Morgan fingerprint density at radius 1 is 1.35 bits per heavy atom. The molecule has 0 spiro atoms. The zero-order valence-electron chi connectivity index (χ0n) is 10.4. The predicted molar refractivity (Wildman–Crippen MR) is 66.5 cm³/mol. The molecule has 0 fully saturated rings. The van der Waals surface area contributed by atoms with Crippen LogP contribution >= 0.6 is 0 Å². The van der Waals surface area contributed by atoms with Gasteiger partial charge in [0.05, 0.1) is 19.6 Å². The monoisotopic (exact) mass is 236 g/mol. The van der Waals surface area contributed by atoms with Crippen LogP contribution in [0.25, 0.3) is 0 Å². The number of hydrogen-bond donors (Lipinski definition) is 1. The molecule has 1 aromatic carbocycles. The van der Waals surface area contributed by atoms with Gasteiger partial charge in [-0.3, -0.25) is 4.79 Å². The fraction of sp³-hybridized carbons (Fsp3) is 0.500. The lowest BCUT2D eigenvalue weighted by molar-refractivity contribution is -0.147. The van der Waals surface area contributed by atoms with E-state index < -0.39 is 5.92 Å². The van der Waals surface area contributed by atoms with Crippen molar-refractivity contribution in [1.29, 1.82) is 0 Å². The number of hydrogen-bond acceptors (Lipinski definition) is 3. The molecule has 0 aliphatic heterocycles. The zero-order chi connectivity index (χ0) is 12.7. The van der Waals surface area contributed by atoms with Crippen LogP contribution in [0.1, 0.15) is 18.9 Å². The molecule has 0 saturated carbocycles. The Morgan fingerprint density at radius 2 is 2.00 bits per heavy atom. The van der Waals surface area contributed by atoms with E-state index in [9.17, 15) is 4.79 Å². The van der Waals surface area contributed by atoms with Gasteiger partial charge in [-0.1, -0.05) is 37.3 Å². The van der Waals surface area contributed by atoms with Crippen molar-refractivity contribution in [2.24, 2.45) is 11.8 Å². The first-order chi connectivity index (χ1) is 8.17. The summed E-state index contributed by atoms with van der Waals surface area (Å²) < 4.78 is 4.66. The number of ether oxygens (including phenoxy) is 1. The summed E-state index contributed by atoms with van der Waals surface area (Å²) in [5.74, 6) is -0.389. The van der Waals surface area contributed by atoms with Crippen LogP contribution in [0.15, 0.2) is 30.3 Å². The third kappa shape index (κ3) is 4.57. The number of rotatable bonds is 6. The Morgan fingerprint density at radius 3 is 2.53 bits per heavy atom. The van der Waals surface area contributed by atoms with Crippen LogP contribution in [-0.2, 0) is 16.0 Å². The summed E-state index contributed by atoms with van der Waals surface area (Å²) in [6.45, 7) is 1.93. The molecule has 0 saturated heterocycles. The summed E-state index contributed by atoms with van der Waals surface area (Å²) in [7, 11) is 1.35. The second-order valence-electron chi connectivity index (χ2n) is 4.43. The van der Waals surface area contributed by atoms with Crippen molar-refractivity contribution in [2.75, 3.05) is 13.7 Å². The van der Waals surface area contributed by atoms with Gasteiger partial charge in [-0.15, -0.1) is 0 Å². The minimum absolute atomic E-state index is 0.147. The fourth-order valence-corrected chi connectivity index (χ4v) is 2.00. The average molecular weight is 236 g/mol. The summed E-state index contributed by atoms with van der Waals surface area (Å²) >= 11 is 0. The van der Waals surface area contributed by atoms with E-state index >= 15 is 0 Å². The SMILES string of the molecule is COC(=O)[C@H](CO)C[C@@H](C)Cc1ccccc1. The Labute approximate surface area is 102 Å². The summed E-state index contributed by atoms with van der Waals surface area (Å²) in [5, 5.41) is 9.14. The number of aliphatic hydroxyl groups is 1. The normalized spacial score (nSPS) is 14.1. The minimum Gasteiger partial charge on any atom is -0.469 e. The van der Waals surface area contributed by atoms with E-state index in [0.29, 0.717) is 12.3 Å². The minimum atomic E-state index is -0.404. The maximum Gasteiger partial charge on any atom is 0.311 e. The van der Waals surface area contributed by atoms with Gasteiger partial charge in [-0.05, 0) is 24.3 Å². The number of carbonyl (C=O) groups is 1. The molecule has 94 valence electrons. The van der Waals surface area contributed by atoms with E-state index in [0.717, 1.165) is 6.42 Å². The number of methoxy groups -OCH3 is 1. The van der Waals surface area contributed by atoms with Crippen molar-refractivity contribution in [3.63, 3.8) is 0 Å². The summed E-state index contributed by atoms with van der Waals surface area (Å²) in [6.07, 6.45) is 1.56. The number of aliphatic hydroxyl groups excluding tert-OH is 1. The first-order valence-electron chi connectivity index (χ1n) is 5.90. The first kappa shape index (κ1) is 13.7. The van der Waals surface area contributed by atoms with Crippen LogP contribution in [0.2, 0.25) is 0 Å². The van der Waals surface area contributed by atoms with Gasteiger partial charge >= 0.3 is 5.97 Å². The van der Waals surface area contributed by atoms with Crippen LogP contribution in [0.4, 0.5) is 0 Å². The molecule has 1 aromatic rings. The van der Waals surface area contributed by atoms with Gasteiger partial charge in [0.2, 0.25) is 0 Å². The molecule has 0 aliphatic carbocycles. The lowest BCUT2D eigenvalue weighted by Crippen LogP contribution is -2.23. The van der Waals surface area contributed by atoms with Gasteiger partial charge in [0, 0.05) is 0 Å². The van der Waals surface area contributed by atoms with Crippen LogP contribution < -0.4 is 0 Å². The lowest BCUT2D eigenvalue weighted by atomic mass is 9.91. The van der Waals surface area contributed by atoms with Gasteiger partial charge in [-0.2, -0.15) is 0 Å². The summed E-state index contributed by atoms with van der Waals surface area (Å²) in [5.41, 5.74) is 1.25. The van der Waals surface area contributed by atoms with Crippen molar-refractivity contribution in [3.8, 4) is 0 Å². The molecule has 3 heteroatoms. The van der Waals surface area contributed by atoms with Crippen molar-refractivity contribution >= 4 is 5.97 Å². The topological polar surface area (TPSA) is 46.5 Å². The van der Waals surface area contributed by atoms with Crippen molar-refractivity contribution in [1.82, 2.24) is 0 Å². The van der Waals surface area contributed by atoms with E-state index in [2.05, 4.69) is 23.8 Å². The number of carbonyl (C=O) groups excluding carboxylic acids is 1. The van der Waals surface area contributed by atoms with Crippen LogP contribution in [0.3, 0.4) is 0 Å². The molecule has 0 bridgehead atoms. The third-order valence-electron chi connectivity index (χ3n) is 2.87. The molecule has 0 heterocycles. The maximum atomic E-state index is 11.3. The van der Waals surface area contributed by atoms with Gasteiger partial charge in [0.1, 0.15) is 0 Å². The Balaban J connectivity index is 2.48. The van der Waals surface area contributed by atoms with Crippen molar-refractivity contribution in [3.05, 3.63) is 35.9 Å². The van der Waals surface area contributed by atoms with E-state index in [-0.39, 0.29) is 12.6 Å². The molecule has 2 atom stereocenters. The molecule has 17 heavy (non-hydrogen) atoms. The van der Waals surface area contributed by atoms with Gasteiger partial charge < -0.3 is 9.84 Å². The standard InChI is InChI=1S/C14H20O3/c1-11(8-12-6-4-3-5-7-12)9-13(10-15)14(16)17-2/h3-7,11,13,15H,8-10H2,1-2H3/t11-,13-/m0/s1. The molecule has 0 aliphatic rings. The molecule has 0 aromatic heterocycles. The highest BCUT2D eigenvalue weighted by atomic mass is 16.5. The first-order valence-corrected chi connectivity index (χ1v) is 5.90. The van der Waals surface area contributed by atoms with E-state index in [1.54, 1.807) is 0 Å². The second-order valence-corrected chi connectivity index (χ2v) is 4.43. The summed E-state index contributed by atoms with van der Waals surface area (Å²) in [6, 6.07) is 10.1. The molecule has 3 nitrogen and oxygen atoms in total. The Hall–Kier alpha value is -1.35. The highest BCUT2D eigenvalue weighted by Gasteiger charge is 2.20. The largest absolute Gasteiger partial charge is 0.469 e. The zero-order valence-corrected chi connectivity index (χ0v) is 10.4. The number of benzene rings is 1. The molecular formula is C14H20O3. The smallest absolute Gasteiger partial charge is 0.311 e. The highest BCUT2D eigenvalue weighted by molar-refractivity contribution is 5.72. The van der Waals surface area contributed by atoms with Gasteiger partial charge in [0.15, 0.2) is 0 Å². The predicted octanol–water partition coefficient (Wildman–Crippen LogP) is 2.04. The van der Waals surface area contributed by atoms with Gasteiger partial charge in [-0.25, -0.2) is 0 Å². The number of esters is 1. The van der Waals surface area contributed by atoms with Crippen LogP contribution in [0.5, 0.6) is 0 Å². The van der Waals surface area contributed by atoms with Crippen molar-refractivity contribution < 1.29 is 14.6 Å². The second kappa shape index (κ2) is 7.07. The van der Waals surface area contributed by atoms with Crippen LogP contribution in [0, 0.1) is 11.8 Å². The average Bonchev–Trinajstić information content (AvgIpc) is 2.36. The van der Waals surface area contributed by atoms with E-state index in [1.807, 2.05) is 18.2 Å². The fourth-order valence-electron chi connectivity index (χ4n) is 2.00. The third-order valence-corrected chi connectivity index (χ3v) is 2.87. The maximum absolute atomic E-state index is 11.3.